The van der Waals surface area contributed by atoms with Gasteiger partial charge in [0.2, 0.25) is 20.0 Å². The van der Waals surface area contributed by atoms with Crippen molar-refractivity contribution in [3.05, 3.63) is 23.9 Å². The number of thiazole rings is 1. The zero-order valence-electron chi connectivity index (χ0n) is 15.9. The molecule has 2 aliphatic rings. The van der Waals surface area contributed by atoms with Gasteiger partial charge < -0.3 is 16.8 Å². The lowest BCUT2D eigenvalue weighted by Gasteiger charge is -2.20. The molecular weight excluding hydrogens is 466 g/mol. The van der Waals surface area contributed by atoms with Gasteiger partial charge in [-0.2, -0.15) is 5.11 Å². The fraction of sp³-hybridized carbons (Fsp3) is 0.333. The van der Waals surface area contributed by atoms with Gasteiger partial charge in [0.25, 0.3) is 0 Å². The summed E-state index contributed by atoms with van der Waals surface area (Å²) in [5, 5.41) is 16.3. The molecule has 166 valence electrons. The van der Waals surface area contributed by atoms with Crippen LogP contribution in [-0.2, 0) is 20.0 Å². The van der Waals surface area contributed by atoms with E-state index in [9.17, 15) is 16.8 Å². The van der Waals surface area contributed by atoms with Crippen LogP contribution < -0.4 is 26.6 Å². The standard InChI is InChI=1S/C15H19N9O4S3/c16-8-3-19-4-9(8)24-31(27,28)11-2-1-7(10-5-20-15(17)29-10)12(13(11)30(18,25)26)14-21-6-22-23-14/h1-2,5,8-9,19,24H,3-4,6,16H2,(H2,17,20)(H2,18,25,26)/t8-,9+/m0/s1. The third-order valence-electron chi connectivity index (χ3n) is 4.73. The predicted molar refractivity (Wildman–Crippen MR) is 115 cm³/mol. The number of benzene rings is 1. The van der Waals surface area contributed by atoms with Gasteiger partial charge in [-0.3, -0.25) is 0 Å². The smallest absolute Gasteiger partial charge is 0.242 e. The Bertz CT molecular complexity index is 1300. The van der Waals surface area contributed by atoms with Crippen molar-refractivity contribution in [2.24, 2.45) is 26.1 Å². The van der Waals surface area contributed by atoms with Gasteiger partial charge in [-0.05, 0) is 6.07 Å². The average molecular weight is 486 g/mol. The number of hydrogen-bond donors (Lipinski definition) is 5. The summed E-state index contributed by atoms with van der Waals surface area (Å²) < 4.78 is 54.1. The first-order chi connectivity index (χ1) is 14.6. The van der Waals surface area contributed by atoms with Crippen molar-refractivity contribution in [3.8, 4) is 10.4 Å². The minimum Gasteiger partial charge on any atom is -0.375 e. The van der Waals surface area contributed by atoms with E-state index in [4.69, 9.17) is 16.6 Å². The molecule has 0 spiro atoms. The van der Waals surface area contributed by atoms with Crippen LogP contribution in [-0.4, -0.2) is 59.5 Å². The maximum Gasteiger partial charge on any atom is 0.242 e. The second-order valence-electron chi connectivity index (χ2n) is 6.84. The number of azo groups is 1. The van der Waals surface area contributed by atoms with E-state index in [0.29, 0.717) is 23.5 Å². The number of rotatable bonds is 6. The van der Waals surface area contributed by atoms with Crippen molar-refractivity contribution in [1.82, 2.24) is 15.0 Å². The van der Waals surface area contributed by atoms with Crippen LogP contribution in [0.1, 0.15) is 5.56 Å². The molecule has 1 saturated heterocycles. The van der Waals surface area contributed by atoms with Gasteiger partial charge in [0.1, 0.15) is 9.79 Å². The molecule has 1 aromatic carbocycles. The molecule has 1 aromatic heterocycles. The number of nitrogen functional groups attached to an aromatic ring is 1. The number of nitrogens with one attached hydrogen (secondary N) is 2. The van der Waals surface area contributed by atoms with Crippen LogP contribution in [0.5, 0.6) is 0 Å². The van der Waals surface area contributed by atoms with Crippen LogP contribution in [0.4, 0.5) is 5.13 Å². The van der Waals surface area contributed by atoms with Crippen molar-refractivity contribution in [2.75, 3.05) is 25.5 Å². The van der Waals surface area contributed by atoms with E-state index in [0.717, 1.165) is 17.4 Å². The van der Waals surface area contributed by atoms with Gasteiger partial charge in [0.15, 0.2) is 17.6 Å². The zero-order valence-corrected chi connectivity index (χ0v) is 18.3. The maximum atomic E-state index is 13.2. The summed E-state index contributed by atoms with van der Waals surface area (Å²) in [6, 6.07) is 1.51. The second kappa shape index (κ2) is 7.97. The topological polar surface area (TPSA) is 220 Å². The van der Waals surface area contributed by atoms with E-state index in [-0.39, 0.29) is 23.2 Å². The number of nitrogens with zero attached hydrogens (tertiary/aromatic N) is 4. The van der Waals surface area contributed by atoms with Crippen LogP contribution in [0.15, 0.2) is 43.3 Å². The maximum absolute atomic E-state index is 13.2. The summed E-state index contributed by atoms with van der Waals surface area (Å²) >= 11 is 1.09. The van der Waals surface area contributed by atoms with E-state index in [2.05, 4.69) is 30.2 Å². The van der Waals surface area contributed by atoms with Gasteiger partial charge in [0.05, 0.1) is 16.5 Å². The van der Waals surface area contributed by atoms with E-state index in [1.165, 1.54) is 12.3 Å². The van der Waals surface area contributed by atoms with E-state index >= 15 is 0 Å². The Kier molecular flexibility index (Phi) is 5.63. The molecule has 2 aliphatic heterocycles. The number of aromatic nitrogens is 1. The molecule has 0 saturated carbocycles. The molecule has 3 heterocycles. The summed E-state index contributed by atoms with van der Waals surface area (Å²) in [6.45, 7) is 0.696. The summed E-state index contributed by atoms with van der Waals surface area (Å²) in [7, 11) is -8.88. The number of sulfonamides is 2. The fourth-order valence-electron chi connectivity index (χ4n) is 3.35. The molecule has 0 amide bonds. The van der Waals surface area contributed by atoms with Crippen LogP contribution in [0.2, 0.25) is 0 Å². The van der Waals surface area contributed by atoms with Crippen molar-refractivity contribution < 1.29 is 16.8 Å². The van der Waals surface area contributed by atoms with Crippen molar-refractivity contribution in [3.63, 3.8) is 0 Å². The summed E-state index contributed by atoms with van der Waals surface area (Å²) in [4.78, 5) is 7.37. The molecule has 4 rings (SSSR count). The number of anilines is 1. The van der Waals surface area contributed by atoms with Gasteiger partial charge in [-0.25, -0.2) is 36.7 Å². The van der Waals surface area contributed by atoms with Crippen LogP contribution >= 0.6 is 11.3 Å². The highest BCUT2D eigenvalue weighted by molar-refractivity contribution is 7.92. The van der Waals surface area contributed by atoms with Crippen molar-refractivity contribution in [1.29, 1.82) is 0 Å². The molecule has 2 aromatic rings. The first-order valence-corrected chi connectivity index (χ1v) is 12.7. The number of hydrogen-bond acceptors (Lipinski definition) is 12. The Balaban J connectivity index is 1.97. The van der Waals surface area contributed by atoms with E-state index in [1.807, 2.05) is 0 Å². The Morgan fingerprint density at radius 3 is 2.52 bits per heavy atom. The number of amidine groups is 1. The highest BCUT2D eigenvalue weighted by Crippen LogP contribution is 2.37. The van der Waals surface area contributed by atoms with Crippen LogP contribution in [0.3, 0.4) is 0 Å². The molecule has 8 N–H and O–H groups in total. The lowest BCUT2D eigenvalue weighted by molar-refractivity contribution is 0.536. The van der Waals surface area contributed by atoms with Gasteiger partial charge in [-0.1, -0.05) is 17.4 Å². The minimum atomic E-state index is -4.55. The largest absolute Gasteiger partial charge is 0.375 e. The van der Waals surface area contributed by atoms with Crippen LogP contribution in [0, 0.1) is 0 Å². The Hall–Kier alpha value is -2.34. The number of primary sulfonamides is 1. The molecule has 13 nitrogen and oxygen atoms in total. The first-order valence-electron chi connectivity index (χ1n) is 8.90. The summed E-state index contributed by atoms with van der Waals surface area (Å²) in [6.07, 6.45) is 1.44. The fourth-order valence-corrected chi connectivity index (χ4v) is 6.95. The molecule has 0 unspecified atom stereocenters. The normalized spacial score (nSPS) is 21.5. The Morgan fingerprint density at radius 1 is 1.19 bits per heavy atom. The number of nitrogens with two attached hydrogens (primary N) is 3. The lowest BCUT2D eigenvalue weighted by Crippen LogP contribution is -2.47. The van der Waals surface area contributed by atoms with E-state index < -0.39 is 41.9 Å². The quantitative estimate of drug-likeness (QED) is 0.333. The second-order valence-corrected chi connectivity index (χ2v) is 11.1. The molecule has 0 aliphatic carbocycles. The highest BCUT2D eigenvalue weighted by atomic mass is 32.2. The van der Waals surface area contributed by atoms with Gasteiger partial charge in [-0.15, -0.1) is 5.11 Å². The summed E-state index contributed by atoms with van der Waals surface area (Å²) in [5.41, 5.74) is 11.9. The monoisotopic (exact) mass is 485 g/mol. The predicted octanol–water partition coefficient (Wildman–Crippen LogP) is -1.21. The van der Waals surface area contributed by atoms with Gasteiger partial charge in [0, 0.05) is 30.9 Å². The molecule has 2 atom stereocenters. The first kappa shape index (κ1) is 21.9. The van der Waals surface area contributed by atoms with Crippen LogP contribution in [0.25, 0.3) is 10.4 Å². The minimum absolute atomic E-state index is 0.0263. The molecule has 16 heteroatoms. The third-order valence-corrected chi connectivity index (χ3v) is 8.24. The average Bonchev–Trinajstić information content (AvgIpc) is 3.43. The summed E-state index contributed by atoms with van der Waals surface area (Å²) in [5.74, 6) is -0.0534. The molecule has 1 fully saturated rings. The highest BCUT2D eigenvalue weighted by Gasteiger charge is 2.35. The van der Waals surface area contributed by atoms with Crippen molar-refractivity contribution in [2.45, 2.75) is 21.9 Å². The van der Waals surface area contributed by atoms with Crippen molar-refractivity contribution >= 4 is 42.4 Å². The lowest BCUT2D eigenvalue weighted by atomic mass is 10.1. The van der Waals surface area contributed by atoms with E-state index in [1.54, 1.807) is 0 Å². The molecule has 31 heavy (non-hydrogen) atoms. The molecule has 0 radical (unpaired) electrons. The Morgan fingerprint density at radius 2 is 1.97 bits per heavy atom. The third kappa shape index (κ3) is 4.22. The SMILES string of the molecule is Nc1ncc(-c2ccc(S(=O)(=O)N[C@@H]3CNC[C@@H]3N)c(S(N)(=O)=O)c2C2=NCN=N2)s1. The number of aliphatic imine (C=N–C) groups is 1. The van der Waals surface area contributed by atoms with Gasteiger partial charge >= 0.3 is 0 Å². The Labute approximate surface area is 182 Å². The molecular formula is C15H19N9O4S3. The molecule has 0 bridgehead atoms. The zero-order chi connectivity index (χ0) is 22.4.